The van der Waals surface area contributed by atoms with Gasteiger partial charge in [0.2, 0.25) is 0 Å². The van der Waals surface area contributed by atoms with E-state index in [-0.39, 0.29) is 31.1 Å². The third-order valence-electron chi connectivity index (χ3n) is 14.1. The van der Waals surface area contributed by atoms with Crippen molar-refractivity contribution in [2.75, 3.05) is 13.2 Å². The monoisotopic (exact) mass is 1060 g/mol. The molecule has 0 fully saturated rings. The van der Waals surface area contributed by atoms with E-state index in [9.17, 15) is 14.4 Å². The zero-order chi connectivity index (χ0) is 55.0. The highest BCUT2D eigenvalue weighted by Crippen LogP contribution is 2.17. The number of ether oxygens (including phenoxy) is 3. The second kappa shape index (κ2) is 64.1. The topological polar surface area (TPSA) is 78.9 Å². The molecule has 0 saturated carbocycles. The quantitative estimate of drug-likeness (QED) is 0.0261. The van der Waals surface area contributed by atoms with Gasteiger partial charge >= 0.3 is 17.9 Å². The molecule has 0 aliphatic rings. The second-order valence-electron chi connectivity index (χ2n) is 21.6. The highest BCUT2D eigenvalue weighted by molar-refractivity contribution is 5.71. The van der Waals surface area contributed by atoms with Crippen molar-refractivity contribution in [2.24, 2.45) is 0 Å². The van der Waals surface area contributed by atoms with Crippen LogP contribution in [0.5, 0.6) is 0 Å². The number of allylic oxidation sites excluding steroid dienone is 14. The zero-order valence-corrected chi connectivity index (χ0v) is 50.3. The molecule has 0 aliphatic heterocycles. The lowest BCUT2D eigenvalue weighted by Gasteiger charge is -2.18. The van der Waals surface area contributed by atoms with Gasteiger partial charge in [0, 0.05) is 19.3 Å². The lowest BCUT2D eigenvalue weighted by molar-refractivity contribution is -0.167. The van der Waals surface area contributed by atoms with Crippen molar-refractivity contribution >= 4 is 17.9 Å². The maximum atomic E-state index is 12.9. The summed E-state index contributed by atoms with van der Waals surface area (Å²) in [5, 5.41) is 0. The fourth-order valence-electron chi connectivity index (χ4n) is 9.27. The summed E-state index contributed by atoms with van der Waals surface area (Å²) in [6.07, 6.45) is 84.4. The number of carbonyl (C=O) groups is 3. The summed E-state index contributed by atoms with van der Waals surface area (Å²) in [5.74, 6) is -0.895. The molecule has 0 saturated heterocycles. The molecule has 0 aromatic rings. The summed E-state index contributed by atoms with van der Waals surface area (Å²) >= 11 is 0. The highest BCUT2D eigenvalue weighted by Gasteiger charge is 2.19. The van der Waals surface area contributed by atoms with Crippen molar-refractivity contribution in [2.45, 2.75) is 329 Å². The largest absolute Gasteiger partial charge is 0.462 e. The molecule has 0 bridgehead atoms. The Kier molecular flexibility index (Phi) is 61.2. The lowest BCUT2D eigenvalue weighted by Crippen LogP contribution is -2.30. The fraction of sp³-hybridized carbons (Fsp3) is 0.757. The van der Waals surface area contributed by atoms with E-state index in [1.54, 1.807) is 0 Å². The Labute approximate surface area is 471 Å². The first-order valence-electron chi connectivity index (χ1n) is 32.6. The first kappa shape index (κ1) is 72.6. The number of rotatable bonds is 59. The molecular weight excluding hydrogens is 937 g/mol. The zero-order valence-electron chi connectivity index (χ0n) is 50.3. The minimum atomic E-state index is -0.789. The number of hydrogen-bond donors (Lipinski definition) is 0. The van der Waals surface area contributed by atoms with E-state index in [0.29, 0.717) is 19.3 Å². The lowest BCUT2D eigenvalue weighted by atomic mass is 10.0. The van der Waals surface area contributed by atoms with Gasteiger partial charge in [0.15, 0.2) is 6.10 Å². The van der Waals surface area contributed by atoms with Crippen LogP contribution in [0.4, 0.5) is 0 Å². The Bertz CT molecular complexity index is 1450. The number of esters is 3. The van der Waals surface area contributed by atoms with Crippen LogP contribution in [-0.2, 0) is 28.6 Å². The maximum absolute atomic E-state index is 12.9. The highest BCUT2D eigenvalue weighted by atomic mass is 16.6. The van der Waals surface area contributed by atoms with Crippen LogP contribution in [0.25, 0.3) is 0 Å². The van der Waals surface area contributed by atoms with Crippen LogP contribution in [0.3, 0.4) is 0 Å². The summed E-state index contributed by atoms with van der Waals surface area (Å²) in [6, 6.07) is 0. The van der Waals surface area contributed by atoms with Crippen LogP contribution in [0.2, 0.25) is 0 Å². The fourth-order valence-corrected chi connectivity index (χ4v) is 9.27. The van der Waals surface area contributed by atoms with Crippen LogP contribution in [0.15, 0.2) is 85.1 Å². The SMILES string of the molecule is CC/C=C\C/C=C\C/C=C\C/C=C\C/C=C\CCCCCCCC(=O)OCC(COC(=O)CCCCCCCCC/C=C\C/C=C\CCCCCC)OC(=O)CCCCCCCCCCCCCCCCCCCCC. The Morgan fingerprint density at radius 3 is 0.816 bits per heavy atom. The molecule has 6 heteroatoms. The van der Waals surface area contributed by atoms with E-state index in [0.717, 1.165) is 122 Å². The van der Waals surface area contributed by atoms with Crippen LogP contribution < -0.4 is 0 Å². The molecule has 0 N–H and O–H groups in total. The standard InChI is InChI=1S/C70H122O6/c1-4-7-10-13-16-19-22-25-28-31-34-35-37-39-42-45-48-51-54-57-60-63-69(72)75-66-67(65-74-68(71)62-59-56-53-50-47-44-41-38-33-30-27-24-21-18-15-12-9-6-3)76-70(73)64-61-58-55-52-49-46-43-40-36-32-29-26-23-20-17-14-11-8-5-2/h7,10,16,19,21,24-25,28,30,33-35,39,42,67H,4-6,8-9,11-15,17-18,20,22-23,26-27,29,31-32,36-38,40-41,43-66H2,1-3H3/b10-7-,19-16-,24-21-,28-25-,33-30-,35-34-,42-39-. The van der Waals surface area contributed by atoms with Gasteiger partial charge in [-0.15, -0.1) is 0 Å². The first-order valence-corrected chi connectivity index (χ1v) is 32.6. The van der Waals surface area contributed by atoms with Gasteiger partial charge < -0.3 is 14.2 Å². The molecular formula is C70H122O6. The second-order valence-corrected chi connectivity index (χ2v) is 21.6. The van der Waals surface area contributed by atoms with Crippen molar-refractivity contribution in [3.8, 4) is 0 Å². The molecule has 0 aromatic carbocycles. The number of hydrogen-bond acceptors (Lipinski definition) is 6. The van der Waals surface area contributed by atoms with Crippen LogP contribution in [0.1, 0.15) is 323 Å². The minimum Gasteiger partial charge on any atom is -0.462 e. The van der Waals surface area contributed by atoms with Crippen molar-refractivity contribution in [3.05, 3.63) is 85.1 Å². The van der Waals surface area contributed by atoms with Gasteiger partial charge in [-0.25, -0.2) is 0 Å². The van der Waals surface area contributed by atoms with Crippen molar-refractivity contribution < 1.29 is 28.6 Å². The van der Waals surface area contributed by atoms with Crippen LogP contribution in [0, 0.1) is 0 Å². The Morgan fingerprint density at radius 2 is 0.513 bits per heavy atom. The third-order valence-corrected chi connectivity index (χ3v) is 14.1. The summed E-state index contributed by atoms with van der Waals surface area (Å²) < 4.78 is 16.9. The molecule has 0 radical (unpaired) electrons. The molecule has 76 heavy (non-hydrogen) atoms. The Hall–Kier alpha value is -3.41. The van der Waals surface area contributed by atoms with E-state index >= 15 is 0 Å². The predicted octanol–water partition coefficient (Wildman–Crippen LogP) is 22.3. The van der Waals surface area contributed by atoms with Crippen molar-refractivity contribution in [3.63, 3.8) is 0 Å². The van der Waals surface area contributed by atoms with E-state index in [1.165, 1.54) is 161 Å². The minimum absolute atomic E-state index is 0.0846. The summed E-state index contributed by atoms with van der Waals surface area (Å²) in [7, 11) is 0. The van der Waals surface area contributed by atoms with Crippen LogP contribution in [-0.4, -0.2) is 37.2 Å². The van der Waals surface area contributed by atoms with E-state index in [1.807, 2.05) is 0 Å². The summed E-state index contributed by atoms with van der Waals surface area (Å²) in [4.78, 5) is 38.4. The molecule has 0 rings (SSSR count). The predicted molar refractivity (Wildman–Crippen MR) is 330 cm³/mol. The molecule has 0 spiro atoms. The summed E-state index contributed by atoms with van der Waals surface area (Å²) in [6.45, 7) is 6.53. The smallest absolute Gasteiger partial charge is 0.306 e. The molecule has 438 valence electrons. The summed E-state index contributed by atoms with van der Waals surface area (Å²) in [5.41, 5.74) is 0. The molecule has 6 nitrogen and oxygen atoms in total. The van der Waals surface area contributed by atoms with Gasteiger partial charge in [-0.2, -0.15) is 0 Å². The average Bonchev–Trinajstić information content (AvgIpc) is 3.42. The van der Waals surface area contributed by atoms with Gasteiger partial charge in [0.25, 0.3) is 0 Å². The van der Waals surface area contributed by atoms with Gasteiger partial charge in [0.05, 0.1) is 0 Å². The molecule has 0 aliphatic carbocycles. The number of unbranched alkanes of at least 4 members (excludes halogenated alkanes) is 34. The van der Waals surface area contributed by atoms with E-state index in [4.69, 9.17) is 14.2 Å². The first-order chi connectivity index (χ1) is 37.5. The normalized spacial score (nSPS) is 12.6. The van der Waals surface area contributed by atoms with Gasteiger partial charge in [-0.1, -0.05) is 292 Å². The van der Waals surface area contributed by atoms with Crippen molar-refractivity contribution in [1.82, 2.24) is 0 Å². The van der Waals surface area contributed by atoms with Crippen LogP contribution >= 0.6 is 0 Å². The molecule has 0 amide bonds. The van der Waals surface area contributed by atoms with Gasteiger partial charge in [-0.3, -0.25) is 14.4 Å². The molecule has 1 atom stereocenters. The van der Waals surface area contributed by atoms with Crippen molar-refractivity contribution in [1.29, 1.82) is 0 Å². The third kappa shape index (κ3) is 61.4. The maximum Gasteiger partial charge on any atom is 0.306 e. The Morgan fingerprint density at radius 1 is 0.276 bits per heavy atom. The molecule has 0 heterocycles. The van der Waals surface area contributed by atoms with Gasteiger partial charge in [-0.05, 0) is 96.3 Å². The molecule has 0 aromatic heterocycles. The molecule has 1 unspecified atom stereocenters. The number of carbonyl (C=O) groups excluding carboxylic acids is 3. The Balaban J connectivity index is 4.41. The van der Waals surface area contributed by atoms with E-state index in [2.05, 4.69) is 106 Å². The van der Waals surface area contributed by atoms with Gasteiger partial charge in [0.1, 0.15) is 13.2 Å². The van der Waals surface area contributed by atoms with E-state index < -0.39 is 6.10 Å². The average molecular weight is 1060 g/mol.